The van der Waals surface area contributed by atoms with Crippen molar-refractivity contribution in [2.75, 3.05) is 6.61 Å². The normalized spacial score (nSPS) is 14.0. The maximum absolute atomic E-state index is 12.7. The van der Waals surface area contributed by atoms with E-state index in [1.54, 1.807) is 0 Å². The van der Waals surface area contributed by atoms with Crippen LogP contribution < -0.4 is 10.6 Å². The third kappa shape index (κ3) is 6.12. The first-order valence-corrected chi connectivity index (χ1v) is 11.6. The van der Waals surface area contributed by atoms with Gasteiger partial charge in [-0.05, 0) is 41.5 Å². The van der Waals surface area contributed by atoms with E-state index in [4.69, 9.17) is 9.84 Å². The van der Waals surface area contributed by atoms with Crippen LogP contribution in [0, 0.1) is 0 Å². The van der Waals surface area contributed by atoms with Crippen LogP contribution in [-0.2, 0) is 14.3 Å². The Balaban J connectivity index is 1.60. The number of hydrogen-bond donors (Lipinski definition) is 3. The molecule has 7 heteroatoms. The number of carboxylic acids is 1. The first-order chi connectivity index (χ1) is 15.9. The van der Waals surface area contributed by atoms with Gasteiger partial charge in [-0.25, -0.2) is 4.79 Å². The summed E-state index contributed by atoms with van der Waals surface area (Å²) >= 11 is 0. The van der Waals surface area contributed by atoms with Gasteiger partial charge >= 0.3 is 12.1 Å². The fraction of sp³-hybridized carbons (Fsp3) is 0.423. The number of alkyl carbamates (subject to hydrolysis) is 1. The fourth-order valence-corrected chi connectivity index (χ4v) is 4.32. The van der Waals surface area contributed by atoms with Gasteiger partial charge in [-0.15, -0.1) is 0 Å². The number of fused-ring (bicyclic) bond motifs is 3. The highest BCUT2D eigenvalue weighted by atomic mass is 16.5. The van der Waals surface area contributed by atoms with Crippen molar-refractivity contribution in [2.24, 2.45) is 0 Å². The summed E-state index contributed by atoms with van der Waals surface area (Å²) in [5.41, 5.74) is 4.55. The Hall–Kier alpha value is -3.35. The number of ether oxygens (including phenoxy) is 1. The van der Waals surface area contributed by atoms with E-state index in [-0.39, 0.29) is 30.9 Å². The van der Waals surface area contributed by atoms with Crippen molar-refractivity contribution in [3.05, 3.63) is 59.7 Å². The lowest BCUT2D eigenvalue weighted by atomic mass is 9.98. The molecule has 1 unspecified atom stereocenters. The van der Waals surface area contributed by atoms with Crippen molar-refractivity contribution in [3.63, 3.8) is 0 Å². The second-order valence-electron chi connectivity index (χ2n) is 8.36. The first-order valence-electron chi connectivity index (χ1n) is 11.6. The van der Waals surface area contributed by atoms with E-state index in [1.165, 1.54) is 0 Å². The Kier molecular flexibility index (Phi) is 8.46. The van der Waals surface area contributed by atoms with Crippen LogP contribution in [0.5, 0.6) is 0 Å². The quantitative estimate of drug-likeness (QED) is 0.467. The molecular formula is C26H32N2O5. The number of amides is 2. The lowest BCUT2D eigenvalue weighted by molar-refractivity contribution is -0.137. The maximum atomic E-state index is 12.7. The minimum Gasteiger partial charge on any atom is -0.481 e. The van der Waals surface area contributed by atoms with Crippen molar-refractivity contribution < 1.29 is 24.2 Å². The van der Waals surface area contributed by atoms with E-state index in [0.29, 0.717) is 25.7 Å². The molecule has 1 aliphatic rings. The van der Waals surface area contributed by atoms with E-state index < -0.39 is 18.1 Å². The van der Waals surface area contributed by atoms with E-state index in [2.05, 4.69) is 34.9 Å². The van der Waals surface area contributed by atoms with Crippen LogP contribution >= 0.6 is 0 Å². The van der Waals surface area contributed by atoms with Crippen molar-refractivity contribution >= 4 is 18.0 Å². The summed E-state index contributed by atoms with van der Waals surface area (Å²) in [5.74, 6) is -1.27. The van der Waals surface area contributed by atoms with Crippen LogP contribution in [0.15, 0.2) is 48.5 Å². The van der Waals surface area contributed by atoms with Gasteiger partial charge in [0.25, 0.3) is 0 Å². The highest BCUT2D eigenvalue weighted by molar-refractivity contribution is 5.86. The number of carbonyl (C=O) groups excluding carboxylic acids is 2. The number of carbonyl (C=O) groups is 3. The van der Waals surface area contributed by atoms with E-state index in [0.717, 1.165) is 22.3 Å². The second-order valence-corrected chi connectivity index (χ2v) is 8.36. The topological polar surface area (TPSA) is 105 Å². The van der Waals surface area contributed by atoms with Gasteiger partial charge in [0.1, 0.15) is 12.6 Å². The number of rotatable bonds is 11. The van der Waals surface area contributed by atoms with Crippen molar-refractivity contribution in [3.8, 4) is 11.1 Å². The number of nitrogens with one attached hydrogen (secondary N) is 2. The van der Waals surface area contributed by atoms with Gasteiger partial charge in [-0.1, -0.05) is 68.8 Å². The number of carboxylic acid groups (broad SMARTS) is 1. The number of benzene rings is 2. The molecule has 0 saturated heterocycles. The molecule has 7 nitrogen and oxygen atoms in total. The zero-order valence-electron chi connectivity index (χ0n) is 19.2. The predicted molar refractivity (Wildman–Crippen MR) is 126 cm³/mol. The smallest absolute Gasteiger partial charge is 0.407 e. The summed E-state index contributed by atoms with van der Waals surface area (Å²) in [6, 6.07) is 15.2. The van der Waals surface area contributed by atoms with Crippen LogP contribution in [0.4, 0.5) is 4.79 Å². The Bertz CT molecular complexity index is 945. The summed E-state index contributed by atoms with van der Waals surface area (Å²) in [7, 11) is 0. The molecule has 0 aromatic heterocycles. The standard InChI is InChI=1S/C26H32N2O5/c1-3-9-23(25(31)27-17(4-2)14-15-24(29)30)28-26(32)33-16-22-20-12-7-5-10-18(20)19-11-6-8-13-21(19)22/h5-8,10-13,17,22-23H,3-4,9,14-16H2,1-2H3,(H,27,31)(H,28,32)(H,29,30)/t17?,23-/m0/s1. The lowest BCUT2D eigenvalue weighted by Gasteiger charge is -2.22. The SMILES string of the molecule is CCC[C@H](NC(=O)OCC1c2ccccc2-c2ccccc21)C(=O)NC(CC)CCC(=O)O. The zero-order chi connectivity index (χ0) is 23.8. The number of hydrogen-bond acceptors (Lipinski definition) is 4. The molecule has 2 amide bonds. The summed E-state index contributed by atoms with van der Waals surface area (Å²) in [5, 5.41) is 14.4. The molecule has 0 bridgehead atoms. The summed E-state index contributed by atoms with van der Waals surface area (Å²) < 4.78 is 5.57. The average molecular weight is 453 g/mol. The molecule has 0 radical (unpaired) electrons. The van der Waals surface area contributed by atoms with Crippen LogP contribution in [0.1, 0.15) is 63.0 Å². The molecule has 176 valence electrons. The molecule has 2 aromatic carbocycles. The molecule has 33 heavy (non-hydrogen) atoms. The molecule has 0 spiro atoms. The molecule has 0 fully saturated rings. The van der Waals surface area contributed by atoms with Gasteiger partial charge in [0.05, 0.1) is 0 Å². The Labute approximate surface area is 194 Å². The molecule has 2 atom stereocenters. The van der Waals surface area contributed by atoms with Gasteiger partial charge in [-0.2, -0.15) is 0 Å². The van der Waals surface area contributed by atoms with Crippen molar-refractivity contribution in [1.29, 1.82) is 0 Å². The average Bonchev–Trinajstić information content (AvgIpc) is 3.13. The molecule has 3 N–H and O–H groups in total. The fourth-order valence-electron chi connectivity index (χ4n) is 4.32. The van der Waals surface area contributed by atoms with Gasteiger partial charge in [0.15, 0.2) is 0 Å². The molecule has 0 heterocycles. The third-order valence-electron chi connectivity index (χ3n) is 6.08. The molecular weight excluding hydrogens is 420 g/mol. The van der Waals surface area contributed by atoms with Gasteiger partial charge in [0, 0.05) is 18.4 Å². The van der Waals surface area contributed by atoms with Crippen molar-refractivity contribution in [2.45, 2.75) is 64.0 Å². The molecule has 0 aliphatic heterocycles. The third-order valence-corrected chi connectivity index (χ3v) is 6.08. The van der Waals surface area contributed by atoms with Gasteiger partial charge < -0.3 is 20.5 Å². The Morgan fingerprint density at radius 3 is 2.09 bits per heavy atom. The summed E-state index contributed by atoms with van der Waals surface area (Å²) in [4.78, 5) is 36.2. The molecule has 2 aromatic rings. The minimum atomic E-state index is -0.899. The molecule has 3 rings (SSSR count). The Morgan fingerprint density at radius 1 is 0.939 bits per heavy atom. The minimum absolute atomic E-state index is 0.0168. The van der Waals surface area contributed by atoms with E-state index >= 15 is 0 Å². The van der Waals surface area contributed by atoms with Crippen LogP contribution in [-0.4, -0.2) is 41.8 Å². The highest BCUT2D eigenvalue weighted by Gasteiger charge is 2.30. The second kappa shape index (κ2) is 11.5. The molecule has 1 aliphatic carbocycles. The summed E-state index contributed by atoms with van der Waals surface area (Å²) in [6.07, 6.45) is 1.48. The predicted octanol–water partition coefficient (Wildman–Crippen LogP) is 4.45. The molecule has 0 saturated carbocycles. The lowest BCUT2D eigenvalue weighted by Crippen LogP contribution is -2.49. The zero-order valence-corrected chi connectivity index (χ0v) is 19.2. The van der Waals surface area contributed by atoms with Gasteiger partial charge in [-0.3, -0.25) is 9.59 Å². The first kappa shape index (κ1) is 24.3. The Morgan fingerprint density at radius 2 is 1.55 bits per heavy atom. The van der Waals surface area contributed by atoms with E-state index in [9.17, 15) is 14.4 Å². The highest BCUT2D eigenvalue weighted by Crippen LogP contribution is 2.44. The van der Waals surface area contributed by atoms with Gasteiger partial charge in [0.2, 0.25) is 5.91 Å². The van der Waals surface area contributed by atoms with Crippen molar-refractivity contribution in [1.82, 2.24) is 10.6 Å². The maximum Gasteiger partial charge on any atom is 0.407 e. The summed E-state index contributed by atoms with van der Waals surface area (Å²) in [6.45, 7) is 4.00. The van der Waals surface area contributed by atoms with E-state index in [1.807, 2.05) is 38.1 Å². The van der Waals surface area contributed by atoms with Crippen LogP contribution in [0.3, 0.4) is 0 Å². The van der Waals surface area contributed by atoms with Crippen LogP contribution in [0.2, 0.25) is 0 Å². The largest absolute Gasteiger partial charge is 0.481 e. The number of aliphatic carboxylic acids is 1. The monoisotopic (exact) mass is 452 g/mol. The van der Waals surface area contributed by atoms with Crippen LogP contribution in [0.25, 0.3) is 11.1 Å².